The molecule has 286 valence electrons. The summed E-state index contributed by atoms with van der Waals surface area (Å²) in [5.74, 6) is 0.700. The Labute approximate surface area is 359 Å². The average molecular weight is 795 g/mol. The maximum absolute atomic E-state index is 5.44. The molecule has 1 unspecified atom stereocenters. The predicted octanol–water partition coefficient (Wildman–Crippen LogP) is 15.7. The first-order valence-corrected chi connectivity index (χ1v) is 21.7. The smallest absolute Gasteiger partial charge is 0.160 e. The van der Waals surface area contributed by atoms with Gasteiger partial charge in [0.1, 0.15) is 0 Å². The molecular formula is C58H38N2S. The van der Waals surface area contributed by atoms with Gasteiger partial charge in [-0.05, 0) is 116 Å². The summed E-state index contributed by atoms with van der Waals surface area (Å²) in [4.78, 5) is 10.9. The molecule has 0 amide bonds. The van der Waals surface area contributed by atoms with Gasteiger partial charge in [-0.2, -0.15) is 0 Å². The highest BCUT2D eigenvalue weighted by Crippen LogP contribution is 2.55. The number of thiophene rings is 1. The summed E-state index contributed by atoms with van der Waals surface area (Å²) in [5, 5.41) is 5.02. The molecule has 0 saturated carbocycles. The van der Waals surface area contributed by atoms with Crippen molar-refractivity contribution in [1.82, 2.24) is 9.97 Å². The van der Waals surface area contributed by atoms with E-state index in [0.29, 0.717) is 5.82 Å². The van der Waals surface area contributed by atoms with Crippen LogP contribution in [0.5, 0.6) is 0 Å². The van der Waals surface area contributed by atoms with E-state index in [9.17, 15) is 0 Å². The van der Waals surface area contributed by atoms with Crippen molar-refractivity contribution in [2.24, 2.45) is 0 Å². The largest absolute Gasteiger partial charge is 0.228 e. The number of fused-ring (bicyclic) bond motifs is 7. The molecular weight excluding hydrogens is 757 g/mol. The Bertz CT molecular complexity index is 3490. The summed E-state index contributed by atoms with van der Waals surface area (Å²) in [6, 6.07) is 77.2. The zero-order chi connectivity index (χ0) is 40.5. The van der Waals surface area contributed by atoms with E-state index in [-0.39, 0.29) is 0 Å². The van der Waals surface area contributed by atoms with E-state index >= 15 is 0 Å². The van der Waals surface area contributed by atoms with E-state index in [4.69, 9.17) is 9.97 Å². The van der Waals surface area contributed by atoms with E-state index < -0.39 is 5.41 Å². The highest BCUT2D eigenvalue weighted by molar-refractivity contribution is 7.25. The third-order valence-electron chi connectivity index (χ3n) is 12.7. The molecule has 3 heteroatoms. The highest BCUT2D eigenvalue weighted by Gasteiger charge is 2.42. The van der Waals surface area contributed by atoms with E-state index in [1.54, 1.807) is 0 Å². The Morgan fingerprint density at radius 2 is 1.00 bits per heavy atom. The van der Waals surface area contributed by atoms with E-state index in [0.717, 1.165) is 39.2 Å². The third-order valence-corrected chi connectivity index (χ3v) is 13.9. The highest BCUT2D eigenvalue weighted by atomic mass is 32.1. The fourth-order valence-corrected chi connectivity index (χ4v) is 10.8. The Hall–Kier alpha value is -7.46. The second-order valence-electron chi connectivity index (χ2n) is 16.3. The molecule has 2 nitrogen and oxygen atoms in total. The predicted molar refractivity (Wildman–Crippen MR) is 257 cm³/mol. The lowest BCUT2D eigenvalue weighted by molar-refractivity contribution is 0.715. The molecule has 1 aliphatic carbocycles. The summed E-state index contributed by atoms with van der Waals surface area (Å²) in [6.07, 6.45) is 0. The van der Waals surface area contributed by atoms with Crippen LogP contribution in [0.3, 0.4) is 0 Å². The standard InChI is InChI=1S/C58H38N2S/c1-58(45-19-6-3-7-20-45)51-25-12-10-21-46(51)48-23-14-24-49(56(48)58)53-36-52(59-57(60-53)38-16-4-2-5-17-38)44-33-42(40-28-27-37-15-8-9-18-39(37)31-40)32-43(34-44)41-29-30-55-50(35-41)47-22-11-13-26-54(47)61-55/h2-36H,1H3. The van der Waals surface area contributed by atoms with Gasteiger partial charge >= 0.3 is 0 Å². The number of hydrogen-bond acceptors (Lipinski definition) is 3. The summed E-state index contributed by atoms with van der Waals surface area (Å²) in [5.41, 5.74) is 15.5. The first-order valence-electron chi connectivity index (χ1n) is 20.9. The van der Waals surface area contributed by atoms with Crippen molar-refractivity contribution in [1.29, 1.82) is 0 Å². The van der Waals surface area contributed by atoms with Crippen LogP contribution in [0.15, 0.2) is 212 Å². The molecule has 9 aromatic carbocycles. The van der Waals surface area contributed by atoms with Gasteiger partial charge in [0.15, 0.2) is 5.82 Å². The monoisotopic (exact) mass is 794 g/mol. The maximum atomic E-state index is 5.44. The molecule has 0 spiro atoms. The van der Waals surface area contributed by atoms with Crippen molar-refractivity contribution in [2.75, 3.05) is 0 Å². The number of benzene rings is 9. The second-order valence-corrected chi connectivity index (χ2v) is 17.3. The van der Waals surface area contributed by atoms with Gasteiger partial charge in [0.05, 0.1) is 11.4 Å². The van der Waals surface area contributed by atoms with Crippen molar-refractivity contribution in [3.8, 4) is 67.3 Å². The molecule has 0 aliphatic heterocycles. The fraction of sp³-hybridized carbons (Fsp3) is 0.0345. The molecule has 0 fully saturated rings. The van der Waals surface area contributed by atoms with Gasteiger partial charge in [0.25, 0.3) is 0 Å². The topological polar surface area (TPSA) is 25.8 Å². The van der Waals surface area contributed by atoms with Crippen LogP contribution in [0, 0.1) is 0 Å². The van der Waals surface area contributed by atoms with Crippen LogP contribution in [0.1, 0.15) is 23.6 Å². The lowest BCUT2D eigenvalue weighted by Gasteiger charge is -2.30. The minimum Gasteiger partial charge on any atom is -0.228 e. The Morgan fingerprint density at radius 1 is 0.377 bits per heavy atom. The molecule has 1 atom stereocenters. The Kier molecular flexibility index (Phi) is 8.19. The van der Waals surface area contributed by atoms with Gasteiger partial charge in [-0.3, -0.25) is 0 Å². The van der Waals surface area contributed by atoms with Gasteiger partial charge in [0, 0.05) is 42.3 Å². The van der Waals surface area contributed by atoms with Crippen molar-refractivity contribution in [2.45, 2.75) is 12.3 Å². The third kappa shape index (κ3) is 5.84. The van der Waals surface area contributed by atoms with E-state index in [1.807, 2.05) is 17.4 Å². The first-order chi connectivity index (χ1) is 30.1. The van der Waals surface area contributed by atoms with Crippen LogP contribution >= 0.6 is 11.3 Å². The molecule has 2 heterocycles. The normalized spacial score (nSPS) is 14.4. The summed E-state index contributed by atoms with van der Waals surface area (Å²) in [6.45, 7) is 2.38. The molecule has 12 rings (SSSR count). The molecule has 11 aromatic rings. The zero-order valence-electron chi connectivity index (χ0n) is 33.5. The summed E-state index contributed by atoms with van der Waals surface area (Å²) >= 11 is 1.85. The molecule has 1 aliphatic rings. The summed E-state index contributed by atoms with van der Waals surface area (Å²) < 4.78 is 2.60. The van der Waals surface area contributed by atoms with Gasteiger partial charge in [-0.1, -0.05) is 164 Å². The quantitative estimate of drug-likeness (QED) is 0.168. The van der Waals surface area contributed by atoms with Crippen LogP contribution in [0.4, 0.5) is 0 Å². The number of rotatable bonds is 6. The van der Waals surface area contributed by atoms with Gasteiger partial charge in [-0.15, -0.1) is 11.3 Å². The molecule has 61 heavy (non-hydrogen) atoms. The minimum atomic E-state index is -0.393. The molecule has 0 radical (unpaired) electrons. The van der Waals surface area contributed by atoms with Crippen molar-refractivity contribution in [3.63, 3.8) is 0 Å². The number of hydrogen-bond donors (Lipinski definition) is 0. The SMILES string of the molecule is CC1(c2ccccc2)c2ccccc2-c2cccc(-c3cc(-c4cc(-c5ccc6ccccc6c5)cc(-c5ccc6sc7ccccc7c6c5)c4)nc(-c4ccccc4)n3)c21. The van der Waals surface area contributed by atoms with Crippen LogP contribution < -0.4 is 0 Å². The fourth-order valence-electron chi connectivity index (χ4n) is 9.72. The lowest BCUT2D eigenvalue weighted by atomic mass is 9.72. The van der Waals surface area contributed by atoms with Crippen LogP contribution in [0.2, 0.25) is 0 Å². The molecule has 2 aromatic heterocycles. The van der Waals surface area contributed by atoms with Gasteiger partial charge in [-0.25, -0.2) is 9.97 Å². The van der Waals surface area contributed by atoms with Crippen LogP contribution in [-0.4, -0.2) is 9.97 Å². The minimum absolute atomic E-state index is 0.393. The maximum Gasteiger partial charge on any atom is 0.160 e. The molecule has 0 N–H and O–H groups in total. The average Bonchev–Trinajstić information content (AvgIpc) is 3.84. The van der Waals surface area contributed by atoms with Crippen molar-refractivity contribution in [3.05, 3.63) is 229 Å². The van der Waals surface area contributed by atoms with E-state index in [2.05, 4.69) is 213 Å². The van der Waals surface area contributed by atoms with Crippen LogP contribution in [0.25, 0.3) is 98.2 Å². The van der Waals surface area contributed by atoms with Gasteiger partial charge < -0.3 is 0 Å². The summed E-state index contributed by atoms with van der Waals surface area (Å²) in [7, 11) is 0. The first kappa shape index (κ1) is 35.5. The second kappa shape index (κ2) is 14.1. The van der Waals surface area contributed by atoms with Gasteiger partial charge in [0.2, 0.25) is 0 Å². The van der Waals surface area contributed by atoms with Crippen LogP contribution in [-0.2, 0) is 5.41 Å². The Morgan fingerprint density at radius 3 is 1.85 bits per heavy atom. The Balaban J connectivity index is 1.11. The molecule has 0 saturated heterocycles. The van der Waals surface area contributed by atoms with E-state index in [1.165, 1.54) is 69.9 Å². The zero-order valence-corrected chi connectivity index (χ0v) is 34.3. The number of aromatic nitrogens is 2. The van der Waals surface area contributed by atoms with Crippen molar-refractivity contribution < 1.29 is 0 Å². The number of nitrogens with zero attached hydrogens (tertiary/aromatic N) is 2. The van der Waals surface area contributed by atoms with Crippen molar-refractivity contribution >= 4 is 42.3 Å². The lowest BCUT2D eigenvalue weighted by Crippen LogP contribution is -2.23. The molecule has 0 bridgehead atoms.